The maximum atomic E-state index is 12.6. The molecule has 1 aliphatic rings. The number of halogens is 1. The number of hydrogen-bond acceptors (Lipinski definition) is 5. The molecule has 0 atom stereocenters. The van der Waals surface area contributed by atoms with E-state index in [4.69, 9.17) is 16.1 Å². The molecule has 1 saturated heterocycles. The number of anilines is 1. The third kappa shape index (κ3) is 3.74. The lowest BCUT2D eigenvalue weighted by molar-refractivity contribution is -0.115. The fraction of sp³-hybridized carbons (Fsp3) is 0.0952. The topological polar surface area (TPSA) is 58.7 Å². The Morgan fingerprint density at radius 1 is 1.14 bits per heavy atom. The number of aliphatic imine (C=N–C) groups is 1. The third-order valence-electron chi connectivity index (χ3n) is 4.15. The molecule has 5 nitrogen and oxygen atoms in total. The van der Waals surface area contributed by atoms with E-state index in [1.165, 1.54) is 11.8 Å². The van der Waals surface area contributed by atoms with E-state index in [0.717, 1.165) is 11.3 Å². The molecule has 1 aliphatic heterocycles. The van der Waals surface area contributed by atoms with Crippen LogP contribution < -0.4 is 4.90 Å². The molecule has 0 N–H and O–H groups in total. The molecule has 2 heterocycles. The van der Waals surface area contributed by atoms with Gasteiger partial charge in [-0.05, 0) is 42.8 Å². The molecule has 1 amide bonds. The van der Waals surface area contributed by atoms with Crippen LogP contribution in [0.3, 0.4) is 0 Å². The summed E-state index contributed by atoms with van der Waals surface area (Å²) in [4.78, 5) is 18.8. The van der Waals surface area contributed by atoms with Crippen LogP contribution in [0.1, 0.15) is 17.0 Å². The van der Waals surface area contributed by atoms with Crippen molar-refractivity contribution < 1.29 is 9.32 Å². The molecule has 0 spiro atoms. The summed E-state index contributed by atoms with van der Waals surface area (Å²) in [5, 5.41) is 5.30. The number of amidine groups is 1. The monoisotopic (exact) mass is 409 g/mol. The van der Waals surface area contributed by atoms with E-state index in [1.807, 2.05) is 67.6 Å². The minimum absolute atomic E-state index is 0.0571. The van der Waals surface area contributed by atoms with Gasteiger partial charge in [-0.2, -0.15) is 0 Å². The average molecular weight is 410 g/mol. The first-order valence-electron chi connectivity index (χ1n) is 8.62. The Labute approximate surface area is 171 Å². The molecule has 0 saturated carbocycles. The summed E-state index contributed by atoms with van der Waals surface area (Å²) in [6.07, 6.45) is 3.61. The fourth-order valence-corrected chi connectivity index (χ4v) is 3.89. The number of rotatable bonds is 4. The van der Waals surface area contributed by atoms with E-state index in [0.29, 0.717) is 33.1 Å². The van der Waals surface area contributed by atoms with Crippen LogP contribution in [0.5, 0.6) is 0 Å². The lowest BCUT2D eigenvalue weighted by Gasteiger charge is -2.15. The Morgan fingerprint density at radius 3 is 2.68 bits per heavy atom. The van der Waals surface area contributed by atoms with Crippen LogP contribution in [0.2, 0.25) is 5.02 Å². The lowest BCUT2D eigenvalue weighted by atomic mass is 10.2. The Hall–Kier alpha value is -2.83. The van der Waals surface area contributed by atoms with E-state index >= 15 is 0 Å². The summed E-state index contributed by atoms with van der Waals surface area (Å²) in [7, 11) is 0. The van der Waals surface area contributed by atoms with Gasteiger partial charge in [0.05, 0.1) is 11.4 Å². The van der Waals surface area contributed by atoms with Crippen LogP contribution in [0.15, 0.2) is 64.1 Å². The Kier molecular flexibility index (Phi) is 5.32. The number of aromatic nitrogens is 1. The van der Waals surface area contributed by atoms with Crippen molar-refractivity contribution in [1.82, 2.24) is 5.16 Å². The van der Waals surface area contributed by atoms with Crippen LogP contribution in [-0.4, -0.2) is 22.0 Å². The van der Waals surface area contributed by atoms with Crippen LogP contribution >= 0.6 is 23.4 Å². The van der Waals surface area contributed by atoms with E-state index in [-0.39, 0.29) is 5.91 Å². The first-order chi connectivity index (χ1) is 13.6. The zero-order chi connectivity index (χ0) is 19.5. The van der Waals surface area contributed by atoms with Crippen molar-refractivity contribution in [1.29, 1.82) is 0 Å². The van der Waals surface area contributed by atoms with Crippen molar-refractivity contribution in [2.24, 2.45) is 4.99 Å². The van der Waals surface area contributed by atoms with Gasteiger partial charge in [0.1, 0.15) is 11.4 Å². The second-order valence-electron chi connectivity index (χ2n) is 6.08. The minimum atomic E-state index is -0.0571. The molecule has 28 heavy (non-hydrogen) atoms. The van der Waals surface area contributed by atoms with Crippen molar-refractivity contribution in [2.75, 3.05) is 10.7 Å². The highest BCUT2D eigenvalue weighted by molar-refractivity contribution is 8.15. The Bertz CT molecular complexity index is 1080. The molecular weight excluding hydrogens is 394 g/mol. The SMILES string of the molecule is Cc1noc(/C=C/c2ccccc2Cl)c1N1C(=O)CSC1=Nc1ccccc1. The summed E-state index contributed by atoms with van der Waals surface area (Å²) in [5.41, 5.74) is 2.86. The van der Waals surface area contributed by atoms with Crippen molar-refractivity contribution in [3.8, 4) is 0 Å². The second-order valence-corrected chi connectivity index (χ2v) is 7.43. The van der Waals surface area contributed by atoms with E-state index in [9.17, 15) is 4.79 Å². The van der Waals surface area contributed by atoms with Crippen LogP contribution in [-0.2, 0) is 4.79 Å². The Balaban J connectivity index is 1.72. The first-order valence-corrected chi connectivity index (χ1v) is 9.98. The van der Waals surface area contributed by atoms with E-state index in [2.05, 4.69) is 10.1 Å². The average Bonchev–Trinajstić information content (AvgIpc) is 3.24. The van der Waals surface area contributed by atoms with Gasteiger partial charge in [0.2, 0.25) is 5.91 Å². The van der Waals surface area contributed by atoms with Gasteiger partial charge in [-0.15, -0.1) is 0 Å². The molecule has 0 radical (unpaired) electrons. The summed E-state index contributed by atoms with van der Waals surface area (Å²) in [6.45, 7) is 1.81. The van der Waals surface area contributed by atoms with Gasteiger partial charge < -0.3 is 4.52 Å². The van der Waals surface area contributed by atoms with Gasteiger partial charge in [-0.25, -0.2) is 4.99 Å². The molecular formula is C21H16ClN3O2S. The lowest BCUT2D eigenvalue weighted by Crippen LogP contribution is -2.30. The number of thioether (sulfide) groups is 1. The van der Waals surface area contributed by atoms with Gasteiger partial charge in [0.15, 0.2) is 10.9 Å². The van der Waals surface area contributed by atoms with Crippen LogP contribution in [0.25, 0.3) is 12.2 Å². The highest BCUT2D eigenvalue weighted by atomic mass is 35.5. The molecule has 0 aliphatic carbocycles. The normalized spacial score (nSPS) is 15.9. The number of hydrogen-bond donors (Lipinski definition) is 0. The molecule has 4 rings (SSSR count). The summed E-state index contributed by atoms with van der Waals surface area (Å²) < 4.78 is 5.48. The highest BCUT2D eigenvalue weighted by Crippen LogP contribution is 2.34. The first kappa shape index (κ1) is 18.5. The number of para-hydroxylation sites is 1. The number of amides is 1. The van der Waals surface area contributed by atoms with Gasteiger partial charge in [-0.3, -0.25) is 9.69 Å². The van der Waals surface area contributed by atoms with Crippen molar-refractivity contribution in [3.63, 3.8) is 0 Å². The molecule has 3 aromatic rings. The zero-order valence-electron chi connectivity index (χ0n) is 15.0. The molecule has 1 fully saturated rings. The van der Waals surface area contributed by atoms with Gasteiger partial charge in [0.25, 0.3) is 0 Å². The van der Waals surface area contributed by atoms with Crippen LogP contribution in [0, 0.1) is 6.92 Å². The van der Waals surface area contributed by atoms with Gasteiger partial charge >= 0.3 is 0 Å². The second kappa shape index (κ2) is 8.04. The Morgan fingerprint density at radius 2 is 1.89 bits per heavy atom. The third-order valence-corrected chi connectivity index (χ3v) is 5.41. The van der Waals surface area contributed by atoms with Crippen molar-refractivity contribution in [3.05, 3.63) is 76.6 Å². The largest absolute Gasteiger partial charge is 0.354 e. The van der Waals surface area contributed by atoms with Crippen molar-refractivity contribution in [2.45, 2.75) is 6.92 Å². The molecule has 7 heteroatoms. The summed E-state index contributed by atoms with van der Waals surface area (Å²) in [5.74, 6) is 0.747. The number of benzene rings is 2. The number of carbonyl (C=O) groups excluding carboxylic acids is 1. The van der Waals surface area contributed by atoms with E-state index < -0.39 is 0 Å². The maximum absolute atomic E-state index is 12.6. The standard InChI is InChI=1S/C21H16ClN3O2S/c1-14-20(18(27-24-14)12-11-15-7-5-6-10-17(15)22)25-19(26)13-28-21(25)23-16-8-3-2-4-9-16/h2-12H,13H2,1H3/b12-11+,23-21?. The number of aryl methyl sites for hydroxylation is 1. The summed E-state index contributed by atoms with van der Waals surface area (Å²) in [6, 6.07) is 17.0. The molecule has 140 valence electrons. The predicted molar refractivity (Wildman–Crippen MR) is 115 cm³/mol. The quantitative estimate of drug-likeness (QED) is 0.564. The van der Waals surface area contributed by atoms with Crippen molar-refractivity contribution >= 4 is 58.0 Å². The maximum Gasteiger partial charge on any atom is 0.243 e. The number of nitrogens with zero attached hydrogens (tertiary/aromatic N) is 3. The molecule has 0 unspecified atom stereocenters. The minimum Gasteiger partial charge on any atom is -0.354 e. The predicted octanol–water partition coefficient (Wildman–Crippen LogP) is 5.57. The smallest absolute Gasteiger partial charge is 0.243 e. The summed E-state index contributed by atoms with van der Waals surface area (Å²) >= 11 is 7.61. The molecule has 2 aromatic carbocycles. The van der Waals surface area contributed by atoms with Crippen LogP contribution in [0.4, 0.5) is 11.4 Å². The van der Waals surface area contributed by atoms with Gasteiger partial charge in [-0.1, -0.05) is 64.9 Å². The van der Waals surface area contributed by atoms with Gasteiger partial charge in [0, 0.05) is 5.02 Å². The highest BCUT2D eigenvalue weighted by Gasteiger charge is 2.34. The van der Waals surface area contributed by atoms with E-state index in [1.54, 1.807) is 11.0 Å². The molecule has 1 aromatic heterocycles. The number of carbonyl (C=O) groups is 1. The molecule has 0 bridgehead atoms. The zero-order valence-corrected chi connectivity index (χ0v) is 16.6. The fourth-order valence-electron chi connectivity index (χ4n) is 2.82.